The van der Waals surface area contributed by atoms with E-state index in [0.717, 1.165) is 0 Å². The molecule has 20 heavy (non-hydrogen) atoms. The SMILES string of the molecule is O.O.O.O.O=C(O)CC(O)(CC(=O)O)C(=O)O.[Li].[Li].[Li]. The van der Waals surface area contributed by atoms with E-state index in [1.54, 1.807) is 0 Å². The van der Waals surface area contributed by atoms with Gasteiger partial charge in [-0.1, -0.05) is 0 Å². The summed E-state index contributed by atoms with van der Waals surface area (Å²) in [6, 6.07) is 0. The summed E-state index contributed by atoms with van der Waals surface area (Å²) in [5.74, 6) is -5.02. The number of rotatable bonds is 5. The first-order chi connectivity index (χ1) is 5.78. The van der Waals surface area contributed by atoms with E-state index in [2.05, 4.69) is 0 Å². The second kappa shape index (κ2) is 21.3. The molecule has 0 unspecified atom stereocenters. The van der Waals surface area contributed by atoms with Crippen molar-refractivity contribution in [3.8, 4) is 0 Å². The van der Waals surface area contributed by atoms with Gasteiger partial charge in [-0.3, -0.25) is 9.59 Å². The van der Waals surface area contributed by atoms with Gasteiger partial charge in [-0.2, -0.15) is 0 Å². The molecule has 12 N–H and O–H groups in total. The molecule has 0 spiro atoms. The third-order valence-corrected chi connectivity index (χ3v) is 1.29. The van der Waals surface area contributed by atoms with E-state index >= 15 is 0 Å². The molecule has 11 nitrogen and oxygen atoms in total. The van der Waals surface area contributed by atoms with Gasteiger partial charge >= 0.3 is 17.9 Å². The molecule has 0 aliphatic heterocycles. The smallest absolute Gasteiger partial charge is 0.336 e. The maximum atomic E-state index is 10.3. The second-order valence-corrected chi connectivity index (χ2v) is 2.48. The Hall–Kier alpha value is 0.00221. The van der Waals surface area contributed by atoms with E-state index in [0.29, 0.717) is 0 Å². The molecule has 0 fully saturated rings. The Morgan fingerprint density at radius 1 is 0.700 bits per heavy atom. The number of hydrogen-bond donors (Lipinski definition) is 4. The van der Waals surface area contributed by atoms with Crippen LogP contribution in [0, 0.1) is 0 Å². The molecular formula is C6H16Li3O11. The summed E-state index contributed by atoms with van der Waals surface area (Å²) in [5, 5.41) is 33.8. The molecule has 0 atom stereocenters. The Bertz CT molecular complexity index is 243. The molecule has 14 heteroatoms. The Morgan fingerprint density at radius 2 is 0.900 bits per heavy atom. The first-order valence-corrected chi connectivity index (χ1v) is 3.17. The molecule has 0 aliphatic carbocycles. The number of hydrogen-bond acceptors (Lipinski definition) is 4. The second-order valence-electron chi connectivity index (χ2n) is 2.48. The Balaban J connectivity index is -0.0000000343. The molecule has 0 amide bonds. The quantitative estimate of drug-likeness (QED) is 0.355. The van der Waals surface area contributed by atoms with E-state index in [1.807, 2.05) is 0 Å². The first-order valence-electron chi connectivity index (χ1n) is 3.17. The Morgan fingerprint density at radius 3 is 1.00 bits per heavy atom. The molecule has 0 rings (SSSR count). The monoisotopic (exact) mass is 285 g/mol. The molecule has 0 saturated carbocycles. The van der Waals surface area contributed by atoms with Crippen molar-refractivity contribution in [2.45, 2.75) is 18.4 Å². The minimum absolute atomic E-state index is 0. The van der Waals surface area contributed by atoms with Crippen LogP contribution < -0.4 is 0 Å². The van der Waals surface area contributed by atoms with Crippen LogP contribution in [0.15, 0.2) is 0 Å². The molecular weight excluding hydrogens is 269 g/mol. The number of aliphatic carboxylic acids is 3. The number of carboxylic acids is 3. The van der Waals surface area contributed by atoms with E-state index in [-0.39, 0.29) is 78.5 Å². The normalized spacial score (nSPS) is 7.05. The predicted molar refractivity (Wildman–Crippen MR) is 68.8 cm³/mol. The molecule has 0 bridgehead atoms. The summed E-state index contributed by atoms with van der Waals surface area (Å²) in [7, 11) is 0. The van der Waals surface area contributed by atoms with Gasteiger partial charge in [0.2, 0.25) is 0 Å². The Labute approximate surface area is 149 Å². The van der Waals surface area contributed by atoms with Gasteiger partial charge in [0.05, 0.1) is 12.8 Å². The summed E-state index contributed by atoms with van der Waals surface area (Å²) < 4.78 is 0. The molecule has 3 radical (unpaired) electrons. The molecule has 0 saturated heterocycles. The van der Waals surface area contributed by atoms with Gasteiger partial charge in [-0.15, -0.1) is 0 Å². The van der Waals surface area contributed by atoms with E-state index in [4.69, 9.17) is 20.4 Å². The summed E-state index contributed by atoms with van der Waals surface area (Å²) in [6.45, 7) is 0. The van der Waals surface area contributed by atoms with Crippen molar-refractivity contribution in [3.63, 3.8) is 0 Å². The zero-order valence-electron chi connectivity index (χ0n) is 11.4. The summed E-state index contributed by atoms with van der Waals surface area (Å²) in [6.07, 6.45) is -2.29. The zero-order chi connectivity index (χ0) is 10.6. The third kappa shape index (κ3) is 20.3. The van der Waals surface area contributed by atoms with Crippen LogP contribution in [0.25, 0.3) is 0 Å². The maximum absolute atomic E-state index is 10.3. The topological polar surface area (TPSA) is 258 Å². The van der Waals surface area contributed by atoms with Crippen molar-refractivity contribution in [3.05, 3.63) is 0 Å². The van der Waals surface area contributed by atoms with Crippen molar-refractivity contribution < 1.29 is 56.7 Å². The van der Waals surface area contributed by atoms with Crippen LogP contribution in [0.1, 0.15) is 12.8 Å². The fourth-order valence-electron chi connectivity index (χ4n) is 0.714. The molecule has 0 aliphatic rings. The van der Waals surface area contributed by atoms with Crippen LogP contribution in [-0.4, -0.2) is 122 Å². The molecule has 0 aromatic heterocycles. The van der Waals surface area contributed by atoms with Crippen molar-refractivity contribution in [1.29, 1.82) is 0 Å². The largest absolute Gasteiger partial charge is 0.481 e. The van der Waals surface area contributed by atoms with Gasteiger partial charge in [-0.05, 0) is 0 Å². The van der Waals surface area contributed by atoms with Gasteiger partial charge in [0.1, 0.15) is 0 Å². The average molecular weight is 285 g/mol. The van der Waals surface area contributed by atoms with Crippen molar-refractivity contribution >= 4 is 74.5 Å². The van der Waals surface area contributed by atoms with E-state index < -0.39 is 36.4 Å². The zero-order valence-corrected chi connectivity index (χ0v) is 11.4. The first kappa shape index (κ1) is 50.1. The molecule has 0 heterocycles. The minimum atomic E-state index is -2.74. The van der Waals surface area contributed by atoms with Crippen molar-refractivity contribution in [2.75, 3.05) is 0 Å². The van der Waals surface area contributed by atoms with Gasteiger partial charge in [0.25, 0.3) is 0 Å². The van der Waals surface area contributed by atoms with Gasteiger partial charge < -0.3 is 42.3 Å². The predicted octanol–water partition coefficient (Wildman–Crippen LogP) is -5.69. The summed E-state index contributed by atoms with van der Waals surface area (Å²) in [5.41, 5.74) is -2.74. The molecule has 0 aromatic rings. The van der Waals surface area contributed by atoms with Crippen LogP contribution in [-0.2, 0) is 14.4 Å². The molecule has 0 aromatic carbocycles. The number of aliphatic hydroxyl groups is 1. The number of carbonyl (C=O) groups is 3. The Kier molecular flexibility index (Phi) is 53.4. The standard InChI is InChI=1S/C6H8O7.3Li.4H2O/c7-3(8)1-6(13,5(11)12)2-4(9)10;;;;;;;/h13H,1-2H2,(H,7,8)(H,9,10)(H,11,12);;;;4*1H2. The van der Waals surface area contributed by atoms with E-state index in [1.165, 1.54) is 0 Å². The summed E-state index contributed by atoms with van der Waals surface area (Å²) >= 11 is 0. The summed E-state index contributed by atoms with van der Waals surface area (Å²) in [4.78, 5) is 30.5. The van der Waals surface area contributed by atoms with Crippen LogP contribution in [0.4, 0.5) is 0 Å². The fraction of sp³-hybridized carbons (Fsp3) is 0.500. The fourth-order valence-corrected chi connectivity index (χ4v) is 0.714. The maximum Gasteiger partial charge on any atom is 0.336 e. The number of carboxylic acid groups (broad SMARTS) is 3. The van der Waals surface area contributed by atoms with Crippen LogP contribution >= 0.6 is 0 Å². The van der Waals surface area contributed by atoms with Crippen molar-refractivity contribution in [2.24, 2.45) is 0 Å². The van der Waals surface area contributed by atoms with E-state index in [9.17, 15) is 14.4 Å². The van der Waals surface area contributed by atoms with Crippen LogP contribution in [0.5, 0.6) is 0 Å². The molecule has 109 valence electrons. The van der Waals surface area contributed by atoms with Crippen LogP contribution in [0.3, 0.4) is 0 Å². The van der Waals surface area contributed by atoms with Gasteiger partial charge in [-0.25, -0.2) is 4.79 Å². The van der Waals surface area contributed by atoms with Gasteiger partial charge in [0.15, 0.2) is 5.60 Å². The van der Waals surface area contributed by atoms with Crippen LogP contribution in [0.2, 0.25) is 0 Å². The minimum Gasteiger partial charge on any atom is -0.481 e. The van der Waals surface area contributed by atoms with Gasteiger partial charge in [0, 0.05) is 56.6 Å². The third-order valence-electron chi connectivity index (χ3n) is 1.29. The average Bonchev–Trinajstić information content (AvgIpc) is 1.82. The van der Waals surface area contributed by atoms with Crippen molar-refractivity contribution in [1.82, 2.24) is 0 Å².